The molecular formula is C23H32N6O3. The molecule has 0 saturated carbocycles. The van der Waals surface area contributed by atoms with Crippen LogP contribution in [0.25, 0.3) is 5.65 Å². The lowest BCUT2D eigenvalue weighted by atomic mass is 10.1. The van der Waals surface area contributed by atoms with Crippen molar-refractivity contribution < 1.29 is 14.2 Å². The van der Waals surface area contributed by atoms with Crippen LogP contribution < -0.4 is 15.2 Å². The van der Waals surface area contributed by atoms with Crippen molar-refractivity contribution in [2.75, 3.05) is 51.8 Å². The fourth-order valence-corrected chi connectivity index (χ4v) is 3.63. The molecule has 1 aromatic carbocycles. The molecule has 0 aliphatic carbocycles. The minimum Gasteiger partial charge on any atom is -0.494 e. The Bertz CT molecular complexity index is 985. The molecule has 0 atom stereocenters. The highest BCUT2D eigenvalue weighted by Crippen LogP contribution is 2.19. The maximum Gasteiger partial charge on any atom is 0.336 e. The number of nitrogens with two attached hydrogens (primary N) is 1. The van der Waals surface area contributed by atoms with E-state index < -0.39 is 0 Å². The summed E-state index contributed by atoms with van der Waals surface area (Å²) in [5.41, 5.74) is 8.66. The van der Waals surface area contributed by atoms with Crippen LogP contribution in [0.2, 0.25) is 0 Å². The van der Waals surface area contributed by atoms with Gasteiger partial charge in [-0.05, 0) is 30.5 Å². The van der Waals surface area contributed by atoms with Crippen molar-refractivity contribution >= 4 is 11.5 Å². The molecule has 4 rings (SSSR count). The van der Waals surface area contributed by atoms with Crippen LogP contribution in [0.4, 0.5) is 5.82 Å². The van der Waals surface area contributed by atoms with Crippen LogP contribution in [0, 0.1) is 0 Å². The lowest BCUT2D eigenvalue weighted by Crippen LogP contribution is -2.37. The Morgan fingerprint density at radius 3 is 2.62 bits per heavy atom. The van der Waals surface area contributed by atoms with Gasteiger partial charge in [0.2, 0.25) is 0 Å². The van der Waals surface area contributed by atoms with Gasteiger partial charge in [-0.15, -0.1) is 5.10 Å². The zero-order chi connectivity index (χ0) is 22.2. The highest BCUT2D eigenvalue weighted by molar-refractivity contribution is 5.59. The third-order valence-electron chi connectivity index (χ3n) is 5.47. The van der Waals surface area contributed by atoms with E-state index in [1.165, 1.54) is 0 Å². The molecule has 1 aliphatic rings. The Morgan fingerprint density at radius 1 is 1.06 bits per heavy atom. The molecule has 2 N–H and O–H groups in total. The van der Waals surface area contributed by atoms with Crippen molar-refractivity contribution in [3.05, 3.63) is 41.7 Å². The number of unbranched alkanes of at least 4 members (excludes halogenated alkanes) is 1. The van der Waals surface area contributed by atoms with Gasteiger partial charge in [0.25, 0.3) is 0 Å². The summed E-state index contributed by atoms with van der Waals surface area (Å²) >= 11 is 0. The third-order valence-corrected chi connectivity index (χ3v) is 5.47. The third kappa shape index (κ3) is 5.86. The average Bonchev–Trinajstić information content (AvgIpc) is 3.22. The zero-order valence-electron chi connectivity index (χ0n) is 18.7. The molecule has 172 valence electrons. The number of nitrogen functional groups attached to an aromatic ring is 1. The Morgan fingerprint density at radius 2 is 1.84 bits per heavy atom. The summed E-state index contributed by atoms with van der Waals surface area (Å²) < 4.78 is 18.6. The van der Waals surface area contributed by atoms with Crippen LogP contribution in [0.15, 0.2) is 30.5 Å². The molecule has 3 heterocycles. The highest BCUT2D eigenvalue weighted by atomic mass is 16.5. The maximum atomic E-state index is 6.05. The number of nitrogens with zero attached hydrogens (tertiary/aromatic N) is 5. The first-order valence-electron chi connectivity index (χ1n) is 11.4. The summed E-state index contributed by atoms with van der Waals surface area (Å²) in [6, 6.07) is 8.44. The number of hydrogen-bond donors (Lipinski definition) is 1. The van der Waals surface area contributed by atoms with E-state index in [1.54, 1.807) is 10.7 Å². The quantitative estimate of drug-likeness (QED) is 0.454. The summed E-state index contributed by atoms with van der Waals surface area (Å²) in [5, 5.41) is 4.47. The first kappa shape index (κ1) is 22.3. The largest absolute Gasteiger partial charge is 0.494 e. The van der Waals surface area contributed by atoms with Crippen molar-refractivity contribution in [1.82, 2.24) is 24.5 Å². The van der Waals surface area contributed by atoms with Gasteiger partial charge in [-0.25, -0.2) is 9.50 Å². The molecule has 0 radical (unpaired) electrons. The van der Waals surface area contributed by atoms with E-state index in [2.05, 4.69) is 39.0 Å². The van der Waals surface area contributed by atoms with Crippen LogP contribution in [0.3, 0.4) is 0 Å². The van der Waals surface area contributed by atoms with Crippen LogP contribution in [-0.2, 0) is 11.2 Å². The van der Waals surface area contributed by atoms with Gasteiger partial charge in [-0.3, -0.25) is 4.90 Å². The van der Waals surface area contributed by atoms with Crippen molar-refractivity contribution in [2.45, 2.75) is 32.6 Å². The first-order valence-corrected chi connectivity index (χ1v) is 11.4. The van der Waals surface area contributed by atoms with Gasteiger partial charge in [0, 0.05) is 26.1 Å². The minimum atomic E-state index is 0.281. The highest BCUT2D eigenvalue weighted by Gasteiger charge is 2.13. The molecule has 1 saturated heterocycles. The second-order valence-electron chi connectivity index (χ2n) is 7.94. The predicted octanol–water partition coefficient (Wildman–Crippen LogP) is 2.58. The molecule has 0 bridgehead atoms. The van der Waals surface area contributed by atoms with E-state index in [4.69, 9.17) is 19.9 Å². The number of morpholine rings is 1. The molecule has 0 unspecified atom stereocenters. The monoisotopic (exact) mass is 440 g/mol. The zero-order valence-corrected chi connectivity index (χ0v) is 18.7. The first-order chi connectivity index (χ1) is 15.7. The van der Waals surface area contributed by atoms with Gasteiger partial charge < -0.3 is 19.9 Å². The number of fused-ring (bicyclic) bond motifs is 1. The number of ether oxygens (including phenoxy) is 3. The molecule has 0 spiro atoms. The number of aromatic nitrogens is 4. The molecule has 9 heteroatoms. The predicted molar refractivity (Wildman–Crippen MR) is 122 cm³/mol. The van der Waals surface area contributed by atoms with E-state index in [-0.39, 0.29) is 6.01 Å². The molecular weight excluding hydrogens is 408 g/mol. The van der Waals surface area contributed by atoms with Gasteiger partial charge >= 0.3 is 6.01 Å². The second kappa shape index (κ2) is 11.1. The van der Waals surface area contributed by atoms with Gasteiger partial charge in [-0.1, -0.05) is 25.5 Å². The topological polar surface area (TPSA) is 100 Å². The van der Waals surface area contributed by atoms with Crippen LogP contribution in [0.5, 0.6) is 11.8 Å². The fourth-order valence-electron chi connectivity index (χ4n) is 3.63. The molecule has 3 aromatic rings. The molecule has 1 fully saturated rings. The summed E-state index contributed by atoms with van der Waals surface area (Å²) in [6.07, 6.45) is 5.45. The second-order valence-corrected chi connectivity index (χ2v) is 7.94. The smallest absolute Gasteiger partial charge is 0.336 e. The van der Waals surface area contributed by atoms with Crippen molar-refractivity contribution in [3.63, 3.8) is 0 Å². The van der Waals surface area contributed by atoms with Gasteiger partial charge in [0.05, 0.1) is 38.3 Å². The molecule has 9 nitrogen and oxygen atoms in total. The standard InChI is InChI=1S/C23H32N6O3/c1-2-3-12-32-23-26-21(24)22-25-17-19(29(22)27-23)16-18-5-7-20(8-6-18)31-13-4-9-28-10-14-30-15-11-28/h5-8,17H,2-4,9-16H2,1H3,(H2,24,26,27). The van der Waals surface area contributed by atoms with Crippen molar-refractivity contribution in [3.8, 4) is 11.8 Å². The Balaban J connectivity index is 1.32. The lowest BCUT2D eigenvalue weighted by molar-refractivity contribution is 0.0358. The van der Waals surface area contributed by atoms with Crippen molar-refractivity contribution in [1.29, 1.82) is 0 Å². The normalized spacial score (nSPS) is 14.7. The average molecular weight is 441 g/mol. The van der Waals surface area contributed by atoms with Gasteiger partial charge in [0.15, 0.2) is 11.5 Å². The molecule has 2 aromatic heterocycles. The molecule has 1 aliphatic heterocycles. The summed E-state index contributed by atoms with van der Waals surface area (Å²) in [5.74, 6) is 1.20. The molecule has 32 heavy (non-hydrogen) atoms. The Hall–Kier alpha value is -2.91. The number of rotatable bonds is 11. The van der Waals surface area contributed by atoms with E-state index in [9.17, 15) is 0 Å². The number of benzene rings is 1. The summed E-state index contributed by atoms with van der Waals surface area (Å²) in [6.45, 7) is 8.13. The SMILES string of the molecule is CCCCOc1nc(N)c2ncc(Cc3ccc(OCCCN4CCOCC4)cc3)n2n1. The lowest BCUT2D eigenvalue weighted by Gasteiger charge is -2.26. The maximum absolute atomic E-state index is 6.05. The van der Waals surface area contributed by atoms with E-state index in [0.29, 0.717) is 31.1 Å². The van der Waals surface area contributed by atoms with E-state index in [1.807, 2.05) is 12.1 Å². The number of anilines is 1. The van der Waals surface area contributed by atoms with E-state index >= 15 is 0 Å². The van der Waals surface area contributed by atoms with E-state index in [0.717, 1.165) is 69.1 Å². The van der Waals surface area contributed by atoms with Gasteiger partial charge in [0.1, 0.15) is 5.75 Å². The van der Waals surface area contributed by atoms with Crippen LogP contribution in [0.1, 0.15) is 37.4 Å². The minimum absolute atomic E-state index is 0.281. The van der Waals surface area contributed by atoms with Crippen LogP contribution >= 0.6 is 0 Å². The fraction of sp³-hybridized carbons (Fsp3) is 0.522. The molecule has 0 amide bonds. The Labute approximate surface area is 188 Å². The Kier molecular flexibility index (Phi) is 7.73. The number of imidazole rings is 1. The summed E-state index contributed by atoms with van der Waals surface area (Å²) in [7, 11) is 0. The van der Waals surface area contributed by atoms with Gasteiger partial charge in [-0.2, -0.15) is 4.98 Å². The van der Waals surface area contributed by atoms with Crippen molar-refractivity contribution in [2.24, 2.45) is 0 Å². The number of hydrogen-bond acceptors (Lipinski definition) is 8. The van der Waals surface area contributed by atoms with Crippen LogP contribution in [-0.4, -0.2) is 70.5 Å². The summed E-state index contributed by atoms with van der Waals surface area (Å²) in [4.78, 5) is 11.0.